The molecule has 2 atom stereocenters. The molecule has 1 fully saturated rings. The molecule has 0 saturated carbocycles. The number of carbonyl (C=O) groups excluding carboxylic acids is 2. The van der Waals surface area contributed by atoms with E-state index >= 15 is 0 Å². The summed E-state index contributed by atoms with van der Waals surface area (Å²) in [7, 11) is 4.93. The van der Waals surface area contributed by atoms with Gasteiger partial charge >= 0.3 is 0 Å². The summed E-state index contributed by atoms with van der Waals surface area (Å²) in [6, 6.07) is 21.9. The molecule has 6 nitrogen and oxygen atoms in total. The van der Waals surface area contributed by atoms with Crippen molar-refractivity contribution in [1.29, 1.82) is 0 Å². The molecule has 0 aromatic heterocycles. The summed E-state index contributed by atoms with van der Waals surface area (Å²) in [5.74, 6) is 0.931. The van der Waals surface area contributed by atoms with Gasteiger partial charge in [-0.05, 0) is 72.4 Å². The van der Waals surface area contributed by atoms with E-state index < -0.39 is 12.0 Å². The summed E-state index contributed by atoms with van der Waals surface area (Å²) in [6.07, 6.45) is 5.00. The molecule has 0 aliphatic carbocycles. The van der Waals surface area contributed by atoms with Crippen molar-refractivity contribution >= 4 is 23.6 Å². The average Bonchev–Trinajstić information content (AvgIpc) is 2.99. The summed E-state index contributed by atoms with van der Waals surface area (Å²) in [5.41, 5.74) is 3.48. The van der Waals surface area contributed by atoms with Crippen LogP contribution in [0.5, 0.6) is 11.5 Å². The van der Waals surface area contributed by atoms with Crippen LogP contribution in [-0.4, -0.2) is 62.2 Å². The molecule has 0 spiro atoms. The van der Waals surface area contributed by atoms with Gasteiger partial charge in [-0.25, -0.2) is 0 Å². The molecule has 0 bridgehead atoms. The number of amides is 2. The van der Waals surface area contributed by atoms with Crippen molar-refractivity contribution < 1.29 is 19.1 Å². The molecule has 5 rings (SSSR count). The lowest BCUT2D eigenvalue weighted by atomic mass is 9.78. The Labute approximate surface area is 235 Å². The summed E-state index contributed by atoms with van der Waals surface area (Å²) in [5, 5.41) is 0. The predicted octanol–water partition coefficient (Wildman–Crippen LogP) is 5.82. The van der Waals surface area contributed by atoms with Gasteiger partial charge in [0.05, 0.1) is 26.2 Å². The summed E-state index contributed by atoms with van der Waals surface area (Å²) < 4.78 is 11.1. The first-order valence-corrected chi connectivity index (χ1v) is 14.7. The van der Waals surface area contributed by atoms with Gasteiger partial charge in [-0.15, -0.1) is 11.8 Å². The number of likely N-dealkylation sites (tertiary alicyclic amines) is 1. The van der Waals surface area contributed by atoms with Gasteiger partial charge in [-0.3, -0.25) is 9.59 Å². The highest BCUT2D eigenvalue weighted by atomic mass is 32.2. The number of methoxy groups -OCH3 is 2. The zero-order chi connectivity index (χ0) is 27.5. The first-order chi connectivity index (χ1) is 18.9. The number of hydrogen-bond acceptors (Lipinski definition) is 5. The van der Waals surface area contributed by atoms with Crippen molar-refractivity contribution in [1.82, 2.24) is 9.80 Å². The van der Waals surface area contributed by atoms with Gasteiger partial charge in [0.25, 0.3) is 5.91 Å². The van der Waals surface area contributed by atoms with E-state index in [9.17, 15) is 9.59 Å². The lowest BCUT2D eigenvalue weighted by Gasteiger charge is -2.43. The maximum absolute atomic E-state index is 14.4. The van der Waals surface area contributed by atoms with E-state index in [0.29, 0.717) is 41.6 Å². The molecule has 7 heteroatoms. The number of ether oxygens (including phenoxy) is 2. The van der Waals surface area contributed by atoms with E-state index in [-0.39, 0.29) is 11.8 Å². The van der Waals surface area contributed by atoms with Gasteiger partial charge in [0.2, 0.25) is 5.91 Å². The van der Waals surface area contributed by atoms with Gasteiger partial charge < -0.3 is 19.3 Å². The number of carbonyl (C=O) groups is 2. The Hall–Kier alpha value is -3.45. The fourth-order valence-electron chi connectivity index (χ4n) is 6.03. The van der Waals surface area contributed by atoms with E-state index in [1.165, 1.54) is 5.56 Å². The van der Waals surface area contributed by atoms with Gasteiger partial charge in [0.15, 0.2) is 11.5 Å². The predicted molar refractivity (Wildman–Crippen MR) is 155 cm³/mol. The highest BCUT2D eigenvalue weighted by Gasteiger charge is 2.45. The number of nitrogens with zero attached hydrogens (tertiary/aromatic N) is 2. The molecule has 0 radical (unpaired) electrons. The lowest BCUT2D eigenvalue weighted by molar-refractivity contribution is -0.136. The maximum Gasteiger partial charge on any atom is 0.254 e. The van der Waals surface area contributed by atoms with E-state index in [1.54, 1.807) is 44.0 Å². The molecule has 3 aromatic carbocycles. The van der Waals surface area contributed by atoms with Crippen LogP contribution >= 0.6 is 11.8 Å². The van der Waals surface area contributed by atoms with Gasteiger partial charge in [0, 0.05) is 30.6 Å². The second-order valence-corrected chi connectivity index (χ2v) is 11.2. The molecular formula is C32H36N2O4S. The van der Waals surface area contributed by atoms with Crippen molar-refractivity contribution in [3.63, 3.8) is 0 Å². The standard InChI is InChI=1S/C32H36N2O4S/c1-33-30(23-10-12-24(39-4)13-11-23)29(25-19-27(37-2)28(38-3)20-26(25)31(33)35)32(36)34-16-14-22(15-17-34)18-21-8-6-5-7-9-21/h5-13,19-20,22,29-30H,14-18H2,1-4H3/t29-,30-/m1/s1. The zero-order valence-electron chi connectivity index (χ0n) is 23.1. The van der Waals surface area contributed by atoms with Crippen LogP contribution in [0.3, 0.4) is 0 Å². The first-order valence-electron chi connectivity index (χ1n) is 13.4. The number of fused-ring (bicyclic) bond motifs is 1. The number of rotatable bonds is 7. The molecule has 0 N–H and O–H groups in total. The minimum absolute atomic E-state index is 0.0555. The van der Waals surface area contributed by atoms with Crippen LogP contribution in [0.15, 0.2) is 71.6 Å². The minimum Gasteiger partial charge on any atom is -0.493 e. The smallest absolute Gasteiger partial charge is 0.254 e. The number of benzene rings is 3. The van der Waals surface area contributed by atoms with Crippen LogP contribution in [0.2, 0.25) is 0 Å². The zero-order valence-corrected chi connectivity index (χ0v) is 23.9. The topological polar surface area (TPSA) is 59.1 Å². The fourth-order valence-corrected chi connectivity index (χ4v) is 6.44. The van der Waals surface area contributed by atoms with Crippen molar-refractivity contribution in [3.8, 4) is 11.5 Å². The van der Waals surface area contributed by atoms with Crippen molar-refractivity contribution in [2.75, 3.05) is 40.6 Å². The Morgan fingerprint density at radius 3 is 2.21 bits per heavy atom. The lowest BCUT2D eigenvalue weighted by Crippen LogP contribution is -2.48. The minimum atomic E-state index is -0.548. The molecule has 0 unspecified atom stereocenters. The number of piperidine rings is 1. The van der Waals surface area contributed by atoms with Crippen LogP contribution in [0.1, 0.15) is 51.8 Å². The Kier molecular flexibility index (Phi) is 8.17. The maximum atomic E-state index is 14.4. The highest BCUT2D eigenvalue weighted by Crippen LogP contribution is 2.46. The third-order valence-corrected chi connectivity index (χ3v) is 8.93. The first kappa shape index (κ1) is 27.1. The third kappa shape index (κ3) is 5.37. The molecule has 2 amide bonds. The quantitative estimate of drug-likeness (QED) is 0.351. The summed E-state index contributed by atoms with van der Waals surface area (Å²) in [6.45, 7) is 1.43. The fraction of sp³-hybridized carbons (Fsp3) is 0.375. The van der Waals surface area contributed by atoms with E-state index in [4.69, 9.17) is 9.47 Å². The number of thioether (sulfide) groups is 1. The highest BCUT2D eigenvalue weighted by molar-refractivity contribution is 7.98. The Balaban J connectivity index is 1.49. The van der Waals surface area contributed by atoms with Crippen LogP contribution in [0.25, 0.3) is 0 Å². The SMILES string of the molecule is COc1cc2c(cc1OC)[C@@H](C(=O)N1CCC(Cc3ccccc3)CC1)[C@@H](c1ccc(SC)cc1)N(C)C2=O. The van der Waals surface area contributed by atoms with E-state index in [2.05, 4.69) is 36.4 Å². The van der Waals surface area contributed by atoms with Crippen LogP contribution in [0.4, 0.5) is 0 Å². The molecule has 39 heavy (non-hydrogen) atoms. The molecule has 204 valence electrons. The van der Waals surface area contributed by atoms with Gasteiger partial charge in [-0.1, -0.05) is 42.5 Å². The van der Waals surface area contributed by atoms with Crippen molar-refractivity contribution in [2.45, 2.75) is 36.1 Å². The second-order valence-electron chi connectivity index (χ2n) is 10.4. The molecule has 3 aromatic rings. The Bertz CT molecular complexity index is 1320. The van der Waals surface area contributed by atoms with Gasteiger partial charge in [-0.2, -0.15) is 0 Å². The monoisotopic (exact) mass is 544 g/mol. The normalized spacial score (nSPS) is 19.5. The van der Waals surface area contributed by atoms with Crippen molar-refractivity contribution in [2.24, 2.45) is 5.92 Å². The Morgan fingerprint density at radius 2 is 1.59 bits per heavy atom. The average molecular weight is 545 g/mol. The summed E-state index contributed by atoms with van der Waals surface area (Å²) in [4.78, 5) is 32.9. The van der Waals surface area contributed by atoms with E-state index in [0.717, 1.165) is 29.7 Å². The Morgan fingerprint density at radius 1 is 0.949 bits per heavy atom. The molecular weight excluding hydrogens is 508 g/mol. The second kappa shape index (κ2) is 11.7. The molecule has 2 aliphatic rings. The largest absolute Gasteiger partial charge is 0.493 e. The van der Waals surface area contributed by atoms with Crippen LogP contribution < -0.4 is 9.47 Å². The van der Waals surface area contributed by atoms with Crippen LogP contribution in [-0.2, 0) is 11.2 Å². The number of likely N-dealkylation sites (N-methyl/N-ethyl adjacent to an activating group) is 1. The summed E-state index contributed by atoms with van der Waals surface area (Å²) >= 11 is 1.67. The number of hydrogen-bond donors (Lipinski definition) is 0. The molecule has 2 heterocycles. The van der Waals surface area contributed by atoms with Crippen molar-refractivity contribution in [3.05, 3.63) is 89.0 Å². The molecule has 2 aliphatic heterocycles. The van der Waals surface area contributed by atoms with E-state index in [1.807, 2.05) is 35.4 Å². The van der Waals surface area contributed by atoms with Crippen LogP contribution in [0, 0.1) is 5.92 Å². The molecule has 1 saturated heterocycles. The third-order valence-electron chi connectivity index (χ3n) is 8.19. The van der Waals surface area contributed by atoms with Gasteiger partial charge in [0.1, 0.15) is 0 Å².